The molecule has 1 aromatic carbocycles. The number of fused-ring (bicyclic) bond motifs is 2. The Bertz CT molecular complexity index is 1150. The van der Waals surface area contributed by atoms with Crippen LogP contribution in [0.4, 0.5) is 4.39 Å². The van der Waals surface area contributed by atoms with Crippen LogP contribution in [-0.2, 0) is 0 Å². The lowest BCUT2D eigenvalue weighted by molar-refractivity contribution is 0.0927. The van der Waals surface area contributed by atoms with Crippen molar-refractivity contribution in [1.29, 1.82) is 0 Å². The number of hydrogen-bond acceptors (Lipinski definition) is 3. The molecule has 0 saturated heterocycles. The van der Waals surface area contributed by atoms with Gasteiger partial charge in [-0.25, -0.2) is 9.37 Å². The highest BCUT2D eigenvalue weighted by Crippen LogP contribution is 2.34. The van der Waals surface area contributed by atoms with Crippen LogP contribution in [0, 0.1) is 12.7 Å². The van der Waals surface area contributed by atoms with Crippen LogP contribution < -0.4 is 0 Å². The third-order valence-electron chi connectivity index (χ3n) is 4.71. The predicted molar refractivity (Wildman–Crippen MR) is 99.4 cm³/mol. The topological polar surface area (TPSA) is 52.7 Å². The Hall–Kier alpha value is -3.02. The maximum absolute atomic E-state index is 13.4. The molecule has 0 bridgehead atoms. The van der Waals surface area contributed by atoms with E-state index >= 15 is 0 Å². The minimum Gasteiger partial charge on any atom is -0.298 e. The molecular formula is C20H19FN4O. The predicted octanol–water partition coefficient (Wildman–Crippen LogP) is 4.61. The van der Waals surface area contributed by atoms with Crippen molar-refractivity contribution >= 4 is 28.0 Å². The Morgan fingerprint density at radius 3 is 2.50 bits per heavy atom. The van der Waals surface area contributed by atoms with Gasteiger partial charge >= 0.3 is 0 Å². The van der Waals surface area contributed by atoms with Crippen molar-refractivity contribution in [3.05, 3.63) is 53.6 Å². The molecule has 0 atom stereocenters. The molecule has 0 N–H and O–H groups in total. The van der Waals surface area contributed by atoms with E-state index < -0.39 is 0 Å². The van der Waals surface area contributed by atoms with E-state index in [4.69, 9.17) is 4.98 Å². The second-order valence-electron chi connectivity index (χ2n) is 6.82. The average Bonchev–Trinajstić information content (AvgIpc) is 3.13. The molecule has 0 amide bonds. The van der Waals surface area contributed by atoms with Gasteiger partial charge in [0.05, 0.1) is 11.7 Å². The van der Waals surface area contributed by atoms with Gasteiger partial charge in [-0.3, -0.25) is 9.36 Å². The molecule has 5 nitrogen and oxygen atoms in total. The number of carbonyl (C=O) groups is 1. The van der Waals surface area contributed by atoms with Crippen LogP contribution in [-0.4, -0.2) is 25.2 Å². The minimum atomic E-state index is -0.272. The number of rotatable bonds is 2. The fraction of sp³-hybridized carbons (Fsp3) is 0.250. The molecule has 26 heavy (non-hydrogen) atoms. The smallest absolute Gasteiger partial charge is 0.244 e. The fourth-order valence-electron chi connectivity index (χ4n) is 3.61. The number of aryl methyl sites for hydroxylation is 1. The van der Waals surface area contributed by atoms with Crippen LogP contribution in [0.1, 0.15) is 42.7 Å². The number of benzene rings is 1. The summed E-state index contributed by atoms with van der Waals surface area (Å²) in [7, 11) is 0. The molecular weight excluding hydrogens is 331 g/mol. The van der Waals surface area contributed by atoms with Crippen molar-refractivity contribution in [3.8, 4) is 5.69 Å². The van der Waals surface area contributed by atoms with Gasteiger partial charge in [0.15, 0.2) is 0 Å². The number of aromatic nitrogens is 4. The third kappa shape index (κ3) is 2.33. The van der Waals surface area contributed by atoms with E-state index in [1.807, 2.05) is 6.07 Å². The number of nitrogens with zero attached hydrogens (tertiary/aromatic N) is 4. The lowest BCUT2D eigenvalue weighted by Crippen LogP contribution is -2.06. The average molecular weight is 350 g/mol. The van der Waals surface area contributed by atoms with Crippen LogP contribution >= 0.6 is 0 Å². The SMILES string of the molecule is CC(=O)n1ncc2nc3c(cc21)c(C)c(C(C)C)n3-c1ccc(F)cc1. The zero-order valence-electron chi connectivity index (χ0n) is 15.1. The molecule has 0 spiro atoms. The van der Waals surface area contributed by atoms with Crippen LogP contribution in [0.2, 0.25) is 0 Å². The Morgan fingerprint density at radius 1 is 1.19 bits per heavy atom. The molecule has 0 radical (unpaired) electrons. The summed E-state index contributed by atoms with van der Waals surface area (Å²) in [6.07, 6.45) is 1.60. The standard InChI is InChI=1S/C20H19FN4O/c1-11(2)19-12(3)16-9-18-17(10-22-25(18)13(4)26)23-20(16)24(19)15-7-5-14(21)6-8-15/h5-11H,1-4H3. The van der Waals surface area contributed by atoms with Crippen molar-refractivity contribution in [3.63, 3.8) is 0 Å². The summed E-state index contributed by atoms with van der Waals surface area (Å²) < 4.78 is 16.8. The summed E-state index contributed by atoms with van der Waals surface area (Å²) in [4.78, 5) is 16.6. The number of halogens is 1. The molecule has 132 valence electrons. The molecule has 0 aliphatic carbocycles. The van der Waals surface area contributed by atoms with Gasteiger partial charge in [-0.15, -0.1) is 0 Å². The van der Waals surface area contributed by atoms with Gasteiger partial charge in [-0.2, -0.15) is 9.78 Å². The lowest BCUT2D eigenvalue weighted by atomic mass is 10.0. The molecule has 3 heterocycles. The van der Waals surface area contributed by atoms with Crippen LogP contribution in [0.25, 0.3) is 27.8 Å². The third-order valence-corrected chi connectivity index (χ3v) is 4.71. The summed E-state index contributed by atoms with van der Waals surface area (Å²) in [5.41, 5.74) is 5.22. The molecule has 3 aromatic heterocycles. The highest BCUT2D eigenvalue weighted by atomic mass is 19.1. The van der Waals surface area contributed by atoms with Crippen LogP contribution in [0.5, 0.6) is 0 Å². The van der Waals surface area contributed by atoms with Gasteiger partial charge in [-0.05, 0) is 48.7 Å². The first-order valence-electron chi connectivity index (χ1n) is 8.55. The summed E-state index contributed by atoms with van der Waals surface area (Å²) >= 11 is 0. The monoisotopic (exact) mass is 350 g/mol. The van der Waals surface area contributed by atoms with E-state index in [9.17, 15) is 9.18 Å². The van der Waals surface area contributed by atoms with Gasteiger partial charge in [0.1, 0.15) is 17.0 Å². The fourth-order valence-corrected chi connectivity index (χ4v) is 3.61. The van der Waals surface area contributed by atoms with Crippen molar-refractivity contribution in [1.82, 2.24) is 19.3 Å². The second kappa shape index (κ2) is 5.76. The first-order chi connectivity index (χ1) is 12.4. The lowest BCUT2D eigenvalue weighted by Gasteiger charge is -2.14. The van der Waals surface area contributed by atoms with E-state index in [0.29, 0.717) is 11.0 Å². The van der Waals surface area contributed by atoms with E-state index in [1.54, 1.807) is 18.3 Å². The maximum Gasteiger partial charge on any atom is 0.244 e. The van der Waals surface area contributed by atoms with Crippen molar-refractivity contribution < 1.29 is 9.18 Å². The normalized spacial score (nSPS) is 11.8. The van der Waals surface area contributed by atoms with Crippen molar-refractivity contribution in [2.75, 3.05) is 0 Å². The molecule has 4 rings (SSSR count). The Morgan fingerprint density at radius 2 is 1.88 bits per heavy atom. The summed E-state index contributed by atoms with van der Waals surface area (Å²) in [5.74, 6) is -0.173. The van der Waals surface area contributed by atoms with E-state index in [1.165, 1.54) is 23.7 Å². The summed E-state index contributed by atoms with van der Waals surface area (Å²) in [6.45, 7) is 7.78. The molecule has 0 fully saturated rings. The first-order valence-corrected chi connectivity index (χ1v) is 8.55. The van der Waals surface area contributed by atoms with Crippen molar-refractivity contribution in [2.24, 2.45) is 0 Å². The van der Waals surface area contributed by atoms with Gasteiger partial charge in [0.25, 0.3) is 0 Å². The second-order valence-corrected chi connectivity index (χ2v) is 6.82. The largest absolute Gasteiger partial charge is 0.298 e. The zero-order valence-corrected chi connectivity index (χ0v) is 15.1. The molecule has 0 aliphatic rings. The number of carbonyl (C=O) groups excluding carboxylic acids is 1. The zero-order chi connectivity index (χ0) is 18.6. The maximum atomic E-state index is 13.4. The van der Waals surface area contributed by atoms with Gasteiger partial charge in [-0.1, -0.05) is 13.8 Å². The van der Waals surface area contributed by atoms with E-state index in [2.05, 4.69) is 30.4 Å². The number of hydrogen-bond donors (Lipinski definition) is 0. The molecule has 0 saturated carbocycles. The quantitative estimate of drug-likeness (QED) is 0.531. The van der Waals surface area contributed by atoms with Gasteiger partial charge in [0, 0.05) is 23.7 Å². The van der Waals surface area contributed by atoms with E-state index in [0.717, 1.165) is 28.0 Å². The molecule has 6 heteroatoms. The Labute approximate surface area is 150 Å². The Kier molecular flexibility index (Phi) is 3.64. The molecule has 0 aliphatic heterocycles. The first kappa shape index (κ1) is 16.4. The highest BCUT2D eigenvalue weighted by molar-refractivity contribution is 5.97. The van der Waals surface area contributed by atoms with Gasteiger partial charge in [0.2, 0.25) is 5.91 Å². The highest BCUT2D eigenvalue weighted by Gasteiger charge is 2.21. The van der Waals surface area contributed by atoms with Crippen molar-refractivity contribution in [2.45, 2.75) is 33.6 Å². The summed E-state index contributed by atoms with van der Waals surface area (Å²) in [6, 6.07) is 8.38. The molecule has 4 aromatic rings. The number of pyridine rings is 1. The minimum absolute atomic E-state index is 0.152. The van der Waals surface area contributed by atoms with Crippen LogP contribution in [0.15, 0.2) is 36.5 Å². The van der Waals surface area contributed by atoms with E-state index in [-0.39, 0.29) is 17.6 Å². The Balaban J connectivity index is 2.12. The van der Waals surface area contributed by atoms with Crippen LogP contribution in [0.3, 0.4) is 0 Å². The summed E-state index contributed by atoms with van der Waals surface area (Å²) in [5, 5.41) is 5.11. The molecule has 0 unspecified atom stereocenters. The van der Waals surface area contributed by atoms with Gasteiger partial charge < -0.3 is 0 Å².